The molecule has 3 aliphatic heterocycles. The summed E-state index contributed by atoms with van der Waals surface area (Å²) in [4.78, 5) is 10.5. The SMILES string of the molecule is CC(C)(C)C1CCCCN(C(C)(C)C)C1.CC(C)(C)N1CCN(C(C)(C)C)CC1.C[C@H]1CCCCN(C(C)(C)C)C1. The zero-order valence-electron chi connectivity index (χ0n) is 31.3. The predicted octanol–water partition coefficient (Wildman–Crippen LogP) is 9.04. The normalized spacial score (nSPS) is 25.8. The molecule has 246 valence electrons. The van der Waals surface area contributed by atoms with Gasteiger partial charge in [0.05, 0.1) is 0 Å². The Labute approximate surface area is 260 Å². The highest BCUT2D eigenvalue weighted by Gasteiger charge is 2.32. The number of hydrogen-bond acceptors (Lipinski definition) is 4. The fourth-order valence-corrected chi connectivity index (χ4v) is 6.47. The third-order valence-corrected chi connectivity index (χ3v) is 9.88. The summed E-state index contributed by atoms with van der Waals surface area (Å²) in [6.07, 6.45) is 8.44. The third kappa shape index (κ3) is 14.9. The van der Waals surface area contributed by atoms with Crippen LogP contribution in [0.5, 0.6) is 0 Å². The molecular weight excluding hydrogens is 500 g/mol. The molecule has 0 radical (unpaired) electrons. The zero-order valence-corrected chi connectivity index (χ0v) is 31.3. The highest BCUT2D eigenvalue weighted by atomic mass is 15.3. The molecule has 0 aromatic rings. The molecule has 0 amide bonds. The Hall–Kier alpha value is -0.160. The second-order valence-corrected chi connectivity index (χ2v) is 18.7. The Morgan fingerprint density at radius 1 is 0.390 bits per heavy atom. The van der Waals surface area contributed by atoms with Crippen molar-refractivity contribution in [3.63, 3.8) is 0 Å². The fraction of sp³-hybridized carbons (Fsp3) is 1.00. The van der Waals surface area contributed by atoms with Crippen molar-refractivity contribution in [3.8, 4) is 0 Å². The monoisotopic (exact) mass is 579 g/mol. The topological polar surface area (TPSA) is 13.0 Å². The van der Waals surface area contributed by atoms with Crippen LogP contribution in [-0.2, 0) is 0 Å². The minimum absolute atomic E-state index is 0.337. The van der Waals surface area contributed by atoms with E-state index >= 15 is 0 Å². The van der Waals surface area contributed by atoms with Gasteiger partial charge in [0, 0.05) is 61.4 Å². The molecule has 41 heavy (non-hydrogen) atoms. The van der Waals surface area contributed by atoms with Crippen LogP contribution in [0.4, 0.5) is 0 Å². The Kier molecular flexibility index (Phi) is 14.9. The van der Waals surface area contributed by atoms with Crippen LogP contribution in [0.15, 0.2) is 0 Å². The Morgan fingerprint density at radius 3 is 1.07 bits per heavy atom. The number of hydrogen-bond donors (Lipinski definition) is 0. The average Bonchev–Trinajstić information content (AvgIpc) is 3.19. The molecule has 3 saturated heterocycles. The Morgan fingerprint density at radius 2 is 0.732 bits per heavy atom. The Balaban J connectivity index is 0.000000309. The molecule has 3 rings (SSSR count). The lowest BCUT2D eigenvalue weighted by Gasteiger charge is -2.46. The van der Waals surface area contributed by atoms with E-state index in [-0.39, 0.29) is 0 Å². The van der Waals surface area contributed by atoms with Crippen molar-refractivity contribution in [1.29, 1.82) is 0 Å². The molecule has 3 heterocycles. The van der Waals surface area contributed by atoms with Gasteiger partial charge >= 0.3 is 0 Å². The van der Waals surface area contributed by atoms with Crippen molar-refractivity contribution in [2.24, 2.45) is 17.3 Å². The summed E-state index contributed by atoms with van der Waals surface area (Å²) in [5, 5.41) is 0. The second kappa shape index (κ2) is 15.7. The molecule has 0 aromatic heterocycles. The summed E-state index contributed by atoms with van der Waals surface area (Å²) in [6.45, 7) is 47.4. The molecule has 3 aliphatic rings. The first kappa shape index (κ1) is 38.9. The quantitative estimate of drug-likeness (QED) is 0.284. The fourth-order valence-electron chi connectivity index (χ4n) is 6.47. The van der Waals surface area contributed by atoms with E-state index in [1.165, 1.54) is 90.9 Å². The summed E-state index contributed by atoms with van der Waals surface area (Å²) < 4.78 is 0. The molecule has 4 nitrogen and oxygen atoms in total. The largest absolute Gasteiger partial charge is 0.298 e. The predicted molar refractivity (Wildman–Crippen MR) is 185 cm³/mol. The van der Waals surface area contributed by atoms with Crippen LogP contribution in [0.25, 0.3) is 0 Å². The van der Waals surface area contributed by atoms with Gasteiger partial charge < -0.3 is 0 Å². The molecule has 0 saturated carbocycles. The maximum absolute atomic E-state index is 2.68. The summed E-state index contributed by atoms with van der Waals surface area (Å²) in [6, 6.07) is 0. The maximum atomic E-state index is 2.68. The number of likely N-dealkylation sites (tertiary alicyclic amines) is 2. The standard InChI is InChI=1S/C14H29N.C12H26N2.C11H23N/c1-13(2,3)12-9-7-8-10-15(11-12)14(4,5)6;1-11(2,3)13-7-9-14(10-8-13)12(4,5)6;1-10-7-5-6-8-12(9-10)11(2,3)4/h12H,7-11H2,1-6H3;7-10H2,1-6H3;10H,5-9H2,1-4H3/t;;10-/m..0/s1. The van der Waals surface area contributed by atoms with Crippen LogP contribution >= 0.6 is 0 Å². The van der Waals surface area contributed by atoms with Gasteiger partial charge in [-0.1, -0.05) is 40.5 Å². The zero-order chi connectivity index (χ0) is 31.9. The van der Waals surface area contributed by atoms with E-state index in [1.807, 2.05) is 0 Å². The van der Waals surface area contributed by atoms with Crippen molar-refractivity contribution in [3.05, 3.63) is 0 Å². The second-order valence-electron chi connectivity index (χ2n) is 18.7. The van der Waals surface area contributed by atoms with Gasteiger partial charge in [-0.05, 0) is 139 Å². The number of rotatable bonds is 0. The molecule has 4 heteroatoms. The van der Waals surface area contributed by atoms with E-state index in [2.05, 4.69) is 130 Å². The van der Waals surface area contributed by atoms with Crippen LogP contribution in [0.2, 0.25) is 0 Å². The van der Waals surface area contributed by atoms with Gasteiger partial charge in [0.2, 0.25) is 0 Å². The van der Waals surface area contributed by atoms with Gasteiger partial charge in [-0.2, -0.15) is 0 Å². The summed E-state index contributed by atoms with van der Waals surface area (Å²) in [5.74, 6) is 1.76. The summed E-state index contributed by atoms with van der Waals surface area (Å²) in [7, 11) is 0. The smallest absolute Gasteiger partial charge is 0.0126 e. The first-order valence-electron chi connectivity index (χ1n) is 17.4. The molecule has 2 atom stereocenters. The van der Waals surface area contributed by atoms with Crippen LogP contribution in [-0.4, -0.2) is 94.1 Å². The minimum atomic E-state index is 0.337. The molecule has 0 aromatic carbocycles. The van der Waals surface area contributed by atoms with Crippen LogP contribution in [0, 0.1) is 17.3 Å². The molecular formula is C37H78N4. The van der Waals surface area contributed by atoms with Crippen LogP contribution < -0.4 is 0 Å². The van der Waals surface area contributed by atoms with E-state index < -0.39 is 0 Å². The van der Waals surface area contributed by atoms with Crippen molar-refractivity contribution in [1.82, 2.24) is 19.6 Å². The minimum Gasteiger partial charge on any atom is -0.298 e. The van der Waals surface area contributed by atoms with Crippen LogP contribution in [0.3, 0.4) is 0 Å². The van der Waals surface area contributed by atoms with Gasteiger partial charge in [0.1, 0.15) is 0 Å². The first-order chi connectivity index (χ1) is 18.4. The van der Waals surface area contributed by atoms with Gasteiger partial charge in [0.15, 0.2) is 0 Å². The molecule has 3 fully saturated rings. The lowest BCUT2D eigenvalue weighted by molar-refractivity contribution is 0.0211. The molecule has 0 N–H and O–H groups in total. The average molecular weight is 579 g/mol. The van der Waals surface area contributed by atoms with Crippen molar-refractivity contribution in [2.45, 2.75) is 171 Å². The molecule has 0 bridgehead atoms. The summed E-state index contributed by atoms with van der Waals surface area (Å²) >= 11 is 0. The van der Waals surface area contributed by atoms with Crippen molar-refractivity contribution >= 4 is 0 Å². The van der Waals surface area contributed by atoms with E-state index in [0.717, 1.165) is 11.8 Å². The van der Waals surface area contributed by atoms with Gasteiger partial charge in [-0.25, -0.2) is 0 Å². The van der Waals surface area contributed by atoms with E-state index in [9.17, 15) is 0 Å². The van der Waals surface area contributed by atoms with Crippen LogP contribution in [0.1, 0.15) is 149 Å². The Bertz CT molecular complexity index is 658. The first-order valence-corrected chi connectivity index (χ1v) is 17.4. The maximum Gasteiger partial charge on any atom is 0.0126 e. The van der Waals surface area contributed by atoms with E-state index in [1.54, 1.807) is 0 Å². The van der Waals surface area contributed by atoms with E-state index in [4.69, 9.17) is 0 Å². The molecule has 0 spiro atoms. The highest BCUT2D eigenvalue weighted by Crippen LogP contribution is 2.34. The lowest BCUT2D eigenvalue weighted by atomic mass is 9.78. The van der Waals surface area contributed by atoms with Gasteiger partial charge in [-0.15, -0.1) is 0 Å². The van der Waals surface area contributed by atoms with Crippen molar-refractivity contribution < 1.29 is 0 Å². The van der Waals surface area contributed by atoms with Gasteiger partial charge in [0.25, 0.3) is 0 Å². The van der Waals surface area contributed by atoms with E-state index in [0.29, 0.717) is 27.6 Å². The number of nitrogens with zero attached hydrogens (tertiary/aromatic N) is 4. The van der Waals surface area contributed by atoms with Crippen molar-refractivity contribution in [2.75, 3.05) is 52.4 Å². The molecule has 0 aliphatic carbocycles. The molecule has 1 unspecified atom stereocenters. The lowest BCUT2D eigenvalue weighted by Crippen LogP contribution is -2.57. The van der Waals surface area contributed by atoms with Gasteiger partial charge in [-0.3, -0.25) is 19.6 Å². The summed E-state index contributed by atoms with van der Waals surface area (Å²) in [5.41, 5.74) is 1.86. The number of piperazine rings is 1. The highest BCUT2D eigenvalue weighted by molar-refractivity contribution is 4.87. The third-order valence-electron chi connectivity index (χ3n) is 9.88.